The first-order chi connectivity index (χ1) is 11.1. The maximum atomic E-state index is 11.8. The van der Waals surface area contributed by atoms with Gasteiger partial charge in [-0.15, -0.1) is 0 Å². The third kappa shape index (κ3) is 3.88. The standard InChI is InChI=1S/C18H18N2O3/c1-12-11-15(12)16-9-7-14(23-16)8-10-17(21)19-20-18(22)13-5-3-2-4-6-13/h2-10,12,15H,11H2,1H3,(H,19,21)(H,20,22). The number of carbonyl (C=O) groups excluding carboxylic acids is 2. The smallest absolute Gasteiger partial charge is 0.269 e. The Morgan fingerprint density at radius 3 is 2.57 bits per heavy atom. The van der Waals surface area contributed by atoms with Crippen molar-refractivity contribution in [3.8, 4) is 0 Å². The van der Waals surface area contributed by atoms with Crippen LogP contribution in [-0.2, 0) is 4.79 Å². The molecule has 0 radical (unpaired) electrons. The van der Waals surface area contributed by atoms with Crippen LogP contribution in [0.1, 0.15) is 41.1 Å². The largest absolute Gasteiger partial charge is 0.461 e. The zero-order chi connectivity index (χ0) is 16.2. The van der Waals surface area contributed by atoms with Crippen molar-refractivity contribution in [1.29, 1.82) is 0 Å². The van der Waals surface area contributed by atoms with Gasteiger partial charge in [0, 0.05) is 17.6 Å². The normalized spacial score (nSPS) is 19.5. The van der Waals surface area contributed by atoms with Gasteiger partial charge in [0.1, 0.15) is 11.5 Å². The molecule has 0 spiro atoms. The Balaban J connectivity index is 1.49. The Kier molecular flexibility index (Phi) is 4.28. The molecule has 23 heavy (non-hydrogen) atoms. The van der Waals surface area contributed by atoms with Crippen molar-refractivity contribution in [3.05, 3.63) is 65.6 Å². The fourth-order valence-corrected chi connectivity index (χ4v) is 2.36. The summed E-state index contributed by atoms with van der Waals surface area (Å²) >= 11 is 0. The summed E-state index contributed by atoms with van der Waals surface area (Å²) in [5.74, 6) is 1.99. The Bertz CT molecular complexity index is 734. The molecule has 0 bridgehead atoms. The van der Waals surface area contributed by atoms with Gasteiger partial charge in [0.2, 0.25) is 0 Å². The molecular formula is C18H18N2O3. The summed E-state index contributed by atoms with van der Waals surface area (Å²) in [6, 6.07) is 12.5. The Labute approximate surface area is 134 Å². The molecule has 1 aromatic heterocycles. The molecule has 0 saturated heterocycles. The summed E-state index contributed by atoms with van der Waals surface area (Å²) in [5.41, 5.74) is 5.16. The van der Waals surface area contributed by atoms with Gasteiger partial charge >= 0.3 is 0 Å². The van der Waals surface area contributed by atoms with Crippen LogP contribution in [0.2, 0.25) is 0 Å². The lowest BCUT2D eigenvalue weighted by Crippen LogP contribution is -2.40. The van der Waals surface area contributed by atoms with Crippen molar-refractivity contribution in [2.24, 2.45) is 5.92 Å². The van der Waals surface area contributed by atoms with Crippen LogP contribution >= 0.6 is 0 Å². The van der Waals surface area contributed by atoms with Gasteiger partial charge < -0.3 is 4.42 Å². The molecule has 5 nitrogen and oxygen atoms in total. The van der Waals surface area contributed by atoms with Crippen LogP contribution in [0.3, 0.4) is 0 Å². The van der Waals surface area contributed by atoms with E-state index in [0.717, 1.165) is 12.2 Å². The highest BCUT2D eigenvalue weighted by molar-refractivity contribution is 5.97. The molecule has 1 saturated carbocycles. The minimum atomic E-state index is -0.424. The second-order valence-corrected chi connectivity index (χ2v) is 5.70. The summed E-state index contributed by atoms with van der Waals surface area (Å²) in [7, 11) is 0. The predicted molar refractivity (Wildman–Crippen MR) is 86.3 cm³/mol. The average Bonchev–Trinajstić information content (AvgIpc) is 3.12. The maximum Gasteiger partial charge on any atom is 0.269 e. The number of hydrogen-bond donors (Lipinski definition) is 2. The fraction of sp³-hybridized carbons (Fsp3) is 0.222. The van der Waals surface area contributed by atoms with E-state index < -0.39 is 5.91 Å². The SMILES string of the molecule is CC1CC1c1ccc(C=CC(=O)NNC(=O)c2ccccc2)o1. The summed E-state index contributed by atoms with van der Waals surface area (Å²) in [6.07, 6.45) is 4.06. The number of hydrogen-bond acceptors (Lipinski definition) is 3. The number of nitrogens with one attached hydrogen (secondary N) is 2. The van der Waals surface area contributed by atoms with Crippen LogP contribution in [0.15, 0.2) is 53.0 Å². The average molecular weight is 310 g/mol. The van der Waals surface area contributed by atoms with E-state index >= 15 is 0 Å². The molecule has 0 aliphatic heterocycles. The number of benzene rings is 1. The van der Waals surface area contributed by atoms with E-state index in [2.05, 4.69) is 17.8 Å². The zero-order valence-corrected chi connectivity index (χ0v) is 12.8. The summed E-state index contributed by atoms with van der Waals surface area (Å²) in [5, 5.41) is 0. The van der Waals surface area contributed by atoms with Crippen LogP contribution in [0.4, 0.5) is 0 Å². The molecule has 2 N–H and O–H groups in total. The second kappa shape index (κ2) is 6.52. The zero-order valence-electron chi connectivity index (χ0n) is 12.8. The van der Waals surface area contributed by atoms with Gasteiger partial charge in [-0.1, -0.05) is 25.1 Å². The molecule has 1 aromatic carbocycles. The monoisotopic (exact) mass is 310 g/mol. The van der Waals surface area contributed by atoms with Crippen LogP contribution < -0.4 is 10.9 Å². The van der Waals surface area contributed by atoms with E-state index in [1.54, 1.807) is 30.3 Å². The molecule has 1 aliphatic carbocycles. The first-order valence-corrected chi connectivity index (χ1v) is 7.56. The highest BCUT2D eigenvalue weighted by Gasteiger charge is 2.36. The molecule has 118 valence electrons. The van der Waals surface area contributed by atoms with Gasteiger partial charge in [-0.3, -0.25) is 20.4 Å². The molecule has 1 fully saturated rings. The van der Waals surface area contributed by atoms with Crippen molar-refractivity contribution < 1.29 is 14.0 Å². The van der Waals surface area contributed by atoms with Gasteiger partial charge in [0.25, 0.3) is 11.8 Å². The maximum absolute atomic E-state index is 11.8. The van der Waals surface area contributed by atoms with Crippen molar-refractivity contribution in [1.82, 2.24) is 10.9 Å². The second-order valence-electron chi connectivity index (χ2n) is 5.70. The summed E-state index contributed by atoms with van der Waals surface area (Å²) < 4.78 is 5.67. The first kappa shape index (κ1) is 15.1. The first-order valence-electron chi connectivity index (χ1n) is 7.56. The van der Waals surface area contributed by atoms with Gasteiger partial charge in [0.15, 0.2) is 0 Å². The molecule has 1 aliphatic rings. The van der Waals surface area contributed by atoms with E-state index in [-0.39, 0.29) is 5.91 Å². The molecule has 2 amide bonds. The third-order valence-electron chi connectivity index (χ3n) is 3.86. The van der Waals surface area contributed by atoms with Crippen molar-refractivity contribution >= 4 is 17.9 Å². The Hall–Kier alpha value is -2.82. The summed E-state index contributed by atoms with van der Waals surface area (Å²) in [6.45, 7) is 2.19. The molecule has 1 heterocycles. The van der Waals surface area contributed by atoms with Crippen LogP contribution in [-0.4, -0.2) is 11.8 Å². The summed E-state index contributed by atoms with van der Waals surface area (Å²) in [4.78, 5) is 23.5. The van der Waals surface area contributed by atoms with E-state index in [0.29, 0.717) is 23.2 Å². The predicted octanol–water partition coefficient (Wildman–Crippen LogP) is 2.88. The molecule has 2 atom stereocenters. The minimum absolute atomic E-state index is 0.365. The quantitative estimate of drug-likeness (QED) is 0.674. The number of amides is 2. The lowest BCUT2D eigenvalue weighted by Gasteiger charge is -2.04. The lowest BCUT2D eigenvalue weighted by atomic mass is 10.2. The lowest BCUT2D eigenvalue weighted by molar-refractivity contribution is -0.117. The van der Waals surface area contributed by atoms with E-state index in [9.17, 15) is 9.59 Å². The highest BCUT2D eigenvalue weighted by Crippen LogP contribution is 2.47. The number of rotatable bonds is 4. The van der Waals surface area contributed by atoms with Gasteiger partial charge in [-0.2, -0.15) is 0 Å². The van der Waals surface area contributed by atoms with Gasteiger partial charge in [-0.05, 0) is 42.7 Å². The Morgan fingerprint density at radius 2 is 1.87 bits per heavy atom. The topological polar surface area (TPSA) is 71.3 Å². The van der Waals surface area contributed by atoms with E-state index in [1.165, 1.54) is 6.08 Å². The van der Waals surface area contributed by atoms with E-state index in [4.69, 9.17) is 4.42 Å². The third-order valence-corrected chi connectivity index (χ3v) is 3.86. The van der Waals surface area contributed by atoms with Crippen molar-refractivity contribution in [3.63, 3.8) is 0 Å². The molecule has 2 unspecified atom stereocenters. The van der Waals surface area contributed by atoms with Gasteiger partial charge in [-0.25, -0.2) is 0 Å². The molecule has 2 aromatic rings. The molecule has 5 heteroatoms. The minimum Gasteiger partial charge on any atom is -0.461 e. The number of hydrazine groups is 1. The number of carbonyl (C=O) groups is 2. The van der Waals surface area contributed by atoms with Gasteiger partial charge in [0.05, 0.1) is 0 Å². The Morgan fingerprint density at radius 1 is 1.13 bits per heavy atom. The molecular weight excluding hydrogens is 292 g/mol. The van der Waals surface area contributed by atoms with Crippen LogP contribution in [0.25, 0.3) is 6.08 Å². The van der Waals surface area contributed by atoms with Crippen LogP contribution in [0, 0.1) is 5.92 Å². The van der Waals surface area contributed by atoms with E-state index in [1.807, 2.05) is 18.2 Å². The number of furan rings is 1. The van der Waals surface area contributed by atoms with Crippen LogP contribution in [0.5, 0.6) is 0 Å². The highest BCUT2D eigenvalue weighted by atomic mass is 16.3. The molecule has 3 rings (SSSR count). The van der Waals surface area contributed by atoms with Crippen molar-refractivity contribution in [2.75, 3.05) is 0 Å². The van der Waals surface area contributed by atoms with Crippen molar-refractivity contribution in [2.45, 2.75) is 19.3 Å². The fourth-order valence-electron chi connectivity index (χ4n) is 2.36.